The lowest BCUT2D eigenvalue weighted by Gasteiger charge is -2.08. The molecule has 0 saturated heterocycles. The Hall–Kier alpha value is -1.02. The number of hydrogen-bond acceptors (Lipinski definition) is 2. The van der Waals surface area contributed by atoms with Crippen molar-refractivity contribution in [3.05, 3.63) is 29.8 Å². The molecule has 1 atom stereocenters. The van der Waals surface area contributed by atoms with Crippen LogP contribution >= 0.6 is 0 Å². The van der Waals surface area contributed by atoms with Crippen molar-refractivity contribution in [2.75, 3.05) is 0 Å². The molecule has 0 heterocycles. The van der Waals surface area contributed by atoms with E-state index < -0.39 is 0 Å². The topological polar surface area (TPSA) is 40.5 Å². The van der Waals surface area contributed by atoms with E-state index in [0.29, 0.717) is 5.92 Å². The zero-order chi connectivity index (χ0) is 8.55. The maximum Gasteiger partial charge on any atom is 0.115 e. The molecule has 2 nitrogen and oxygen atoms in total. The SMILES string of the molecule is Oc1cccc(C(O)C2CC2)c1. The molecule has 0 aliphatic heterocycles. The van der Waals surface area contributed by atoms with Crippen LogP contribution in [0, 0.1) is 5.92 Å². The largest absolute Gasteiger partial charge is 0.508 e. The number of rotatable bonds is 2. The molecule has 1 aliphatic rings. The van der Waals surface area contributed by atoms with Gasteiger partial charge in [0.2, 0.25) is 0 Å². The van der Waals surface area contributed by atoms with E-state index in [1.165, 1.54) is 0 Å². The molecule has 1 unspecified atom stereocenters. The Labute approximate surface area is 71.5 Å². The van der Waals surface area contributed by atoms with Gasteiger partial charge >= 0.3 is 0 Å². The number of hydrogen-bond donors (Lipinski definition) is 2. The Balaban J connectivity index is 2.20. The molecule has 1 fully saturated rings. The average molecular weight is 164 g/mol. The summed E-state index contributed by atoms with van der Waals surface area (Å²) in [6.45, 7) is 0. The van der Waals surface area contributed by atoms with Crippen LogP contribution in [0.5, 0.6) is 5.75 Å². The summed E-state index contributed by atoms with van der Waals surface area (Å²) < 4.78 is 0. The van der Waals surface area contributed by atoms with Crippen LogP contribution < -0.4 is 0 Å². The molecule has 0 radical (unpaired) electrons. The van der Waals surface area contributed by atoms with Gasteiger partial charge in [-0.2, -0.15) is 0 Å². The summed E-state index contributed by atoms with van der Waals surface area (Å²) in [5.41, 5.74) is 0.831. The molecule has 64 valence electrons. The normalized spacial score (nSPS) is 19.1. The smallest absolute Gasteiger partial charge is 0.115 e. The van der Waals surface area contributed by atoms with Crippen molar-refractivity contribution in [2.24, 2.45) is 5.92 Å². The summed E-state index contributed by atoms with van der Waals surface area (Å²) in [4.78, 5) is 0. The van der Waals surface area contributed by atoms with Crippen molar-refractivity contribution in [2.45, 2.75) is 18.9 Å². The van der Waals surface area contributed by atoms with Gasteiger partial charge in [-0.05, 0) is 36.5 Å². The Morgan fingerprint density at radius 3 is 2.67 bits per heavy atom. The van der Waals surface area contributed by atoms with E-state index in [0.717, 1.165) is 18.4 Å². The van der Waals surface area contributed by atoms with Gasteiger partial charge in [-0.3, -0.25) is 0 Å². The highest BCUT2D eigenvalue weighted by molar-refractivity contribution is 5.29. The van der Waals surface area contributed by atoms with Gasteiger partial charge in [0.05, 0.1) is 6.10 Å². The van der Waals surface area contributed by atoms with E-state index in [2.05, 4.69) is 0 Å². The standard InChI is InChI=1S/C10H12O2/c11-9-3-1-2-8(6-9)10(12)7-4-5-7/h1-3,6-7,10-12H,4-5H2. The Morgan fingerprint density at radius 2 is 2.08 bits per heavy atom. The molecule has 0 amide bonds. The second-order valence-corrected chi connectivity index (χ2v) is 3.38. The van der Waals surface area contributed by atoms with Crippen LogP contribution in [0.1, 0.15) is 24.5 Å². The van der Waals surface area contributed by atoms with Gasteiger partial charge in [0.25, 0.3) is 0 Å². The highest BCUT2D eigenvalue weighted by Crippen LogP contribution is 2.41. The second-order valence-electron chi connectivity index (χ2n) is 3.38. The number of benzene rings is 1. The molecule has 2 heteroatoms. The first-order chi connectivity index (χ1) is 5.77. The van der Waals surface area contributed by atoms with E-state index in [1.807, 2.05) is 6.07 Å². The molecule has 0 spiro atoms. The summed E-state index contributed by atoms with van der Waals surface area (Å²) in [6, 6.07) is 6.85. The van der Waals surface area contributed by atoms with E-state index >= 15 is 0 Å². The van der Waals surface area contributed by atoms with Crippen LogP contribution in [0.15, 0.2) is 24.3 Å². The van der Waals surface area contributed by atoms with Crippen molar-refractivity contribution in [1.29, 1.82) is 0 Å². The molecule has 2 N–H and O–H groups in total. The van der Waals surface area contributed by atoms with Crippen molar-refractivity contribution < 1.29 is 10.2 Å². The predicted octanol–water partition coefficient (Wildman–Crippen LogP) is 1.84. The minimum Gasteiger partial charge on any atom is -0.508 e. The maximum atomic E-state index is 9.67. The highest BCUT2D eigenvalue weighted by Gasteiger charge is 2.30. The molecule has 1 aromatic rings. The van der Waals surface area contributed by atoms with E-state index in [1.54, 1.807) is 18.2 Å². The number of phenolic OH excluding ortho intramolecular Hbond substituents is 1. The summed E-state index contributed by atoms with van der Waals surface area (Å²) in [7, 11) is 0. The summed E-state index contributed by atoms with van der Waals surface area (Å²) in [6.07, 6.45) is 1.84. The minimum absolute atomic E-state index is 0.229. The van der Waals surface area contributed by atoms with Crippen LogP contribution in [0.2, 0.25) is 0 Å². The van der Waals surface area contributed by atoms with Gasteiger partial charge in [-0.1, -0.05) is 12.1 Å². The fraction of sp³-hybridized carbons (Fsp3) is 0.400. The third-order valence-corrected chi connectivity index (χ3v) is 2.28. The molecule has 1 aliphatic carbocycles. The lowest BCUT2D eigenvalue weighted by molar-refractivity contribution is 0.153. The number of aliphatic hydroxyl groups is 1. The first-order valence-electron chi connectivity index (χ1n) is 4.24. The quantitative estimate of drug-likeness (QED) is 0.700. The second kappa shape index (κ2) is 2.79. The fourth-order valence-electron chi connectivity index (χ4n) is 1.39. The molecule has 0 bridgehead atoms. The van der Waals surface area contributed by atoms with Crippen LogP contribution in [-0.4, -0.2) is 10.2 Å². The monoisotopic (exact) mass is 164 g/mol. The third-order valence-electron chi connectivity index (χ3n) is 2.28. The minimum atomic E-state index is -0.378. The van der Waals surface area contributed by atoms with Gasteiger partial charge in [-0.25, -0.2) is 0 Å². The first-order valence-corrected chi connectivity index (χ1v) is 4.24. The predicted molar refractivity (Wildman–Crippen MR) is 45.8 cm³/mol. The van der Waals surface area contributed by atoms with Crippen molar-refractivity contribution in [1.82, 2.24) is 0 Å². The van der Waals surface area contributed by atoms with Gasteiger partial charge < -0.3 is 10.2 Å². The molecule has 12 heavy (non-hydrogen) atoms. The lowest BCUT2D eigenvalue weighted by atomic mass is 10.1. The van der Waals surface area contributed by atoms with Crippen molar-refractivity contribution in [3.8, 4) is 5.75 Å². The Kier molecular flexibility index (Phi) is 1.77. The highest BCUT2D eigenvalue weighted by atomic mass is 16.3. The van der Waals surface area contributed by atoms with Gasteiger partial charge in [0.15, 0.2) is 0 Å². The van der Waals surface area contributed by atoms with E-state index in [4.69, 9.17) is 5.11 Å². The number of aliphatic hydroxyl groups excluding tert-OH is 1. The van der Waals surface area contributed by atoms with Crippen molar-refractivity contribution >= 4 is 0 Å². The summed E-state index contributed by atoms with van der Waals surface area (Å²) in [5, 5.41) is 18.8. The molecular formula is C10H12O2. The molecule has 1 aromatic carbocycles. The fourth-order valence-corrected chi connectivity index (χ4v) is 1.39. The molecule has 0 aromatic heterocycles. The van der Waals surface area contributed by atoms with Crippen LogP contribution in [-0.2, 0) is 0 Å². The van der Waals surface area contributed by atoms with Gasteiger partial charge in [0, 0.05) is 0 Å². The van der Waals surface area contributed by atoms with Gasteiger partial charge in [0.1, 0.15) is 5.75 Å². The summed E-state index contributed by atoms with van der Waals surface area (Å²) >= 11 is 0. The van der Waals surface area contributed by atoms with Crippen LogP contribution in [0.25, 0.3) is 0 Å². The molecular weight excluding hydrogens is 152 g/mol. The van der Waals surface area contributed by atoms with Crippen LogP contribution in [0.3, 0.4) is 0 Å². The average Bonchev–Trinajstić information content (AvgIpc) is 2.85. The molecule has 2 rings (SSSR count). The van der Waals surface area contributed by atoms with Gasteiger partial charge in [-0.15, -0.1) is 0 Å². The zero-order valence-electron chi connectivity index (χ0n) is 6.77. The molecule has 1 saturated carbocycles. The number of phenols is 1. The number of aromatic hydroxyl groups is 1. The van der Waals surface area contributed by atoms with E-state index in [-0.39, 0.29) is 11.9 Å². The van der Waals surface area contributed by atoms with E-state index in [9.17, 15) is 5.11 Å². The lowest BCUT2D eigenvalue weighted by Crippen LogP contribution is -1.98. The third kappa shape index (κ3) is 1.43. The first kappa shape index (κ1) is 7.62. The maximum absolute atomic E-state index is 9.67. The van der Waals surface area contributed by atoms with Crippen molar-refractivity contribution in [3.63, 3.8) is 0 Å². The Bertz CT molecular complexity index is 279. The zero-order valence-corrected chi connectivity index (χ0v) is 6.77. The summed E-state index contributed by atoms with van der Waals surface area (Å²) in [5.74, 6) is 0.652. The Morgan fingerprint density at radius 1 is 1.33 bits per heavy atom. The van der Waals surface area contributed by atoms with Crippen LogP contribution in [0.4, 0.5) is 0 Å².